The first-order valence-electron chi connectivity index (χ1n) is 5.78. The summed E-state index contributed by atoms with van der Waals surface area (Å²) in [5.74, 6) is -0.744. The number of hydrogen-bond donors (Lipinski definition) is 2. The van der Waals surface area contributed by atoms with E-state index in [4.69, 9.17) is 0 Å². The molecule has 0 heterocycles. The highest BCUT2D eigenvalue weighted by Crippen LogP contribution is 1.98. The van der Waals surface area contributed by atoms with Gasteiger partial charge in [-0.1, -0.05) is 0 Å². The van der Waals surface area contributed by atoms with Crippen molar-refractivity contribution in [2.45, 2.75) is 26.3 Å². The molecule has 2 N–H and O–H groups in total. The smallest absolute Gasteiger partial charge is 0.321 e. The standard InChI is InChI=1S/C11H21N3O4/c1-5-12-11(17)13-10(16)8(2)14(3)7-6-9(15)18-4/h8H,5-7H2,1-4H3,(H2,12,13,16,17). The summed E-state index contributed by atoms with van der Waals surface area (Å²) in [6, 6.07) is -1.02. The second kappa shape index (κ2) is 8.46. The van der Waals surface area contributed by atoms with Gasteiger partial charge in [-0.15, -0.1) is 0 Å². The molecule has 0 fully saturated rings. The first-order chi connectivity index (χ1) is 8.42. The van der Waals surface area contributed by atoms with Gasteiger partial charge < -0.3 is 10.1 Å². The van der Waals surface area contributed by atoms with E-state index in [-0.39, 0.29) is 12.4 Å². The topological polar surface area (TPSA) is 87.7 Å². The molecule has 0 rings (SSSR count). The first-order valence-corrected chi connectivity index (χ1v) is 5.78. The fourth-order valence-corrected chi connectivity index (χ4v) is 1.18. The van der Waals surface area contributed by atoms with Crippen molar-refractivity contribution in [1.82, 2.24) is 15.5 Å². The number of carbonyl (C=O) groups excluding carboxylic acids is 3. The maximum atomic E-state index is 11.7. The second-order valence-electron chi connectivity index (χ2n) is 3.83. The molecule has 0 aliphatic heterocycles. The number of nitrogens with zero attached hydrogens (tertiary/aromatic N) is 1. The maximum absolute atomic E-state index is 11.7. The number of amides is 3. The van der Waals surface area contributed by atoms with Gasteiger partial charge in [-0.2, -0.15) is 0 Å². The van der Waals surface area contributed by atoms with Crippen LogP contribution in [0.2, 0.25) is 0 Å². The zero-order chi connectivity index (χ0) is 14.1. The quantitative estimate of drug-likeness (QED) is 0.640. The number of rotatable bonds is 6. The molecule has 0 saturated heterocycles. The molecule has 0 aliphatic carbocycles. The number of carbonyl (C=O) groups is 3. The van der Waals surface area contributed by atoms with Crippen LogP contribution in [-0.4, -0.2) is 56.1 Å². The summed E-state index contributed by atoms with van der Waals surface area (Å²) in [4.78, 5) is 35.4. The number of hydrogen-bond acceptors (Lipinski definition) is 5. The molecule has 1 atom stereocenters. The van der Waals surface area contributed by atoms with Gasteiger partial charge in [0, 0.05) is 13.1 Å². The van der Waals surface area contributed by atoms with Crippen LogP contribution >= 0.6 is 0 Å². The minimum absolute atomic E-state index is 0.200. The number of esters is 1. The van der Waals surface area contributed by atoms with Crippen LogP contribution in [0.25, 0.3) is 0 Å². The highest BCUT2D eigenvalue weighted by molar-refractivity contribution is 5.96. The van der Waals surface area contributed by atoms with Crippen LogP contribution in [0.15, 0.2) is 0 Å². The van der Waals surface area contributed by atoms with E-state index < -0.39 is 18.0 Å². The van der Waals surface area contributed by atoms with Crippen LogP contribution in [0, 0.1) is 0 Å². The summed E-state index contributed by atoms with van der Waals surface area (Å²) in [6.45, 7) is 4.25. The Hall–Kier alpha value is -1.63. The van der Waals surface area contributed by atoms with Gasteiger partial charge in [0.2, 0.25) is 5.91 Å². The third-order valence-corrected chi connectivity index (χ3v) is 2.51. The number of ether oxygens (including phenoxy) is 1. The van der Waals surface area contributed by atoms with Crippen molar-refractivity contribution in [2.24, 2.45) is 0 Å². The van der Waals surface area contributed by atoms with Gasteiger partial charge in [0.05, 0.1) is 19.6 Å². The number of imide groups is 1. The number of methoxy groups -OCH3 is 1. The first kappa shape index (κ1) is 16.4. The number of nitrogens with one attached hydrogen (secondary N) is 2. The van der Waals surface area contributed by atoms with Gasteiger partial charge in [-0.05, 0) is 20.9 Å². The van der Waals surface area contributed by atoms with Crippen molar-refractivity contribution in [3.05, 3.63) is 0 Å². The van der Waals surface area contributed by atoms with E-state index >= 15 is 0 Å². The molecule has 0 aromatic carbocycles. The molecule has 0 bridgehead atoms. The minimum Gasteiger partial charge on any atom is -0.469 e. The fraction of sp³-hybridized carbons (Fsp3) is 0.727. The summed E-state index contributed by atoms with van der Waals surface area (Å²) in [5, 5.41) is 4.68. The molecule has 7 nitrogen and oxygen atoms in total. The lowest BCUT2D eigenvalue weighted by atomic mass is 10.2. The molecule has 7 heteroatoms. The van der Waals surface area contributed by atoms with Gasteiger partial charge in [0.1, 0.15) is 0 Å². The molecule has 0 aromatic heterocycles. The molecule has 0 aliphatic rings. The highest BCUT2D eigenvalue weighted by Gasteiger charge is 2.20. The van der Waals surface area contributed by atoms with Gasteiger partial charge >= 0.3 is 12.0 Å². The molecule has 0 saturated carbocycles. The normalized spacial score (nSPS) is 11.8. The Balaban J connectivity index is 4.11. The van der Waals surface area contributed by atoms with Crippen LogP contribution in [0.4, 0.5) is 4.79 Å². The fourth-order valence-electron chi connectivity index (χ4n) is 1.18. The zero-order valence-electron chi connectivity index (χ0n) is 11.3. The summed E-state index contributed by atoms with van der Waals surface area (Å²) < 4.78 is 4.51. The Labute approximate surface area is 107 Å². The molecular formula is C11H21N3O4. The molecular weight excluding hydrogens is 238 g/mol. The Kier molecular flexibility index (Phi) is 7.69. The molecule has 1 unspecified atom stereocenters. The Morgan fingerprint density at radius 3 is 2.44 bits per heavy atom. The van der Waals surface area contributed by atoms with Crippen molar-refractivity contribution < 1.29 is 19.1 Å². The van der Waals surface area contributed by atoms with E-state index in [9.17, 15) is 14.4 Å². The van der Waals surface area contributed by atoms with Crippen molar-refractivity contribution >= 4 is 17.9 Å². The van der Waals surface area contributed by atoms with Crippen LogP contribution < -0.4 is 10.6 Å². The van der Waals surface area contributed by atoms with E-state index in [1.165, 1.54) is 7.11 Å². The molecule has 0 spiro atoms. The molecule has 3 amide bonds. The van der Waals surface area contributed by atoms with E-state index in [1.54, 1.807) is 25.8 Å². The molecule has 0 aromatic rings. The molecule has 104 valence electrons. The van der Waals surface area contributed by atoms with Crippen molar-refractivity contribution in [2.75, 3.05) is 27.2 Å². The van der Waals surface area contributed by atoms with E-state index in [1.807, 2.05) is 0 Å². The Morgan fingerprint density at radius 1 is 1.33 bits per heavy atom. The van der Waals surface area contributed by atoms with Gasteiger partial charge in [0.25, 0.3) is 0 Å². The summed E-state index contributed by atoms with van der Waals surface area (Å²) in [5.41, 5.74) is 0. The zero-order valence-corrected chi connectivity index (χ0v) is 11.3. The van der Waals surface area contributed by atoms with Gasteiger partial charge in [-0.3, -0.25) is 19.8 Å². The third-order valence-electron chi connectivity index (χ3n) is 2.51. The Bertz CT molecular complexity index is 307. The maximum Gasteiger partial charge on any atom is 0.321 e. The second-order valence-corrected chi connectivity index (χ2v) is 3.83. The summed E-state index contributed by atoms with van der Waals surface area (Å²) >= 11 is 0. The van der Waals surface area contributed by atoms with Crippen LogP contribution in [0.1, 0.15) is 20.3 Å². The third kappa shape index (κ3) is 6.19. The lowest BCUT2D eigenvalue weighted by molar-refractivity contribution is -0.141. The lowest BCUT2D eigenvalue weighted by Gasteiger charge is -2.22. The van der Waals surface area contributed by atoms with Crippen LogP contribution in [0.3, 0.4) is 0 Å². The predicted molar refractivity (Wildman–Crippen MR) is 65.9 cm³/mol. The van der Waals surface area contributed by atoms with Crippen LogP contribution in [-0.2, 0) is 14.3 Å². The monoisotopic (exact) mass is 259 g/mol. The van der Waals surface area contributed by atoms with Crippen molar-refractivity contribution in [1.29, 1.82) is 0 Å². The minimum atomic E-state index is -0.518. The SMILES string of the molecule is CCNC(=O)NC(=O)C(C)N(C)CCC(=O)OC. The highest BCUT2D eigenvalue weighted by atomic mass is 16.5. The van der Waals surface area contributed by atoms with Crippen LogP contribution in [0.5, 0.6) is 0 Å². The Morgan fingerprint density at radius 2 is 1.94 bits per heavy atom. The average Bonchev–Trinajstić information content (AvgIpc) is 2.34. The van der Waals surface area contributed by atoms with E-state index in [2.05, 4.69) is 15.4 Å². The summed E-state index contributed by atoms with van der Waals surface area (Å²) in [7, 11) is 3.01. The van der Waals surface area contributed by atoms with Crippen molar-refractivity contribution in [3.63, 3.8) is 0 Å². The predicted octanol–water partition coefficient (Wildman–Crippen LogP) is -0.284. The molecule has 0 radical (unpaired) electrons. The van der Waals surface area contributed by atoms with E-state index in [0.29, 0.717) is 13.1 Å². The molecule has 18 heavy (non-hydrogen) atoms. The number of likely N-dealkylation sites (N-methyl/N-ethyl adjacent to an activating group) is 1. The average molecular weight is 259 g/mol. The van der Waals surface area contributed by atoms with E-state index in [0.717, 1.165) is 0 Å². The largest absolute Gasteiger partial charge is 0.469 e. The lowest BCUT2D eigenvalue weighted by Crippen LogP contribution is -2.48. The summed E-state index contributed by atoms with van der Waals surface area (Å²) in [6.07, 6.45) is 0.200. The number of urea groups is 1. The van der Waals surface area contributed by atoms with Gasteiger partial charge in [0.15, 0.2) is 0 Å². The van der Waals surface area contributed by atoms with Crippen molar-refractivity contribution in [3.8, 4) is 0 Å². The van der Waals surface area contributed by atoms with Gasteiger partial charge in [-0.25, -0.2) is 4.79 Å².